The van der Waals surface area contributed by atoms with Crippen molar-refractivity contribution < 1.29 is 0 Å². The fraction of sp³-hybridized carbons (Fsp3) is 0.400. The second kappa shape index (κ2) is 4.19. The van der Waals surface area contributed by atoms with E-state index in [2.05, 4.69) is 15.0 Å². The van der Waals surface area contributed by atoms with Crippen molar-refractivity contribution in [1.29, 1.82) is 0 Å². The van der Waals surface area contributed by atoms with Gasteiger partial charge in [0.15, 0.2) is 5.65 Å². The molecule has 0 saturated carbocycles. The van der Waals surface area contributed by atoms with Crippen LogP contribution in [0, 0.1) is 0 Å². The highest BCUT2D eigenvalue weighted by molar-refractivity contribution is 5.69. The van der Waals surface area contributed by atoms with Crippen LogP contribution >= 0.6 is 0 Å². The van der Waals surface area contributed by atoms with Crippen LogP contribution in [0.1, 0.15) is 18.7 Å². The van der Waals surface area contributed by atoms with Crippen LogP contribution < -0.4 is 5.73 Å². The lowest BCUT2D eigenvalue weighted by atomic mass is 10.2. The van der Waals surface area contributed by atoms with Gasteiger partial charge in [0, 0.05) is 12.6 Å². The molecule has 0 saturated heterocycles. The summed E-state index contributed by atoms with van der Waals surface area (Å²) in [6.45, 7) is 0.748. The Morgan fingerprint density at radius 3 is 3.07 bits per heavy atom. The van der Waals surface area contributed by atoms with Crippen molar-refractivity contribution >= 4 is 11.2 Å². The SMILES string of the molecule is NCCCCc1nc2ncccc2[nH]1. The van der Waals surface area contributed by atoms with Crippen LogP contribution in [-0.4, -0.2) is 21.5 Å². The Hall–Kier alpha value is -1.42. The first-order valence-corrected chi connectivity index (χ1v) is 4.90. The van der Waals surface area contributed by atoms with Crippen LogP contribution in [0.4, 0.5) is 0 Å². The van der Waals surface area contributed by atoms with E-state index in [0.717, 1.165) is 42.8 Å². The van der Waals surface area contributed by atoms with Gasteiger partial charge in [-0.1, -0.05) is 0 Å². The highest BCUT2D eigenvalue weighted by Gasteiger charge is 2.01. The molecule has 2 heterocycles. The summed E-state index contributed by atoms with van der Waals surface area (Å²) in [6.07, 6.45) is 4.83. The molecule has 0 aliphatic heterocycles. The minimum Gasteiger partial charge on any atom is -0.341 e. The third-order valence-corrected chi connectivity index (χ3v) is 2.17. The summed E-state index contributed by atoms with van der Waals surface area (Å²) in [7, 11) is 0. The maximum absolute atomic E-state index is 5.42. The molecule has 0 aliphatic carbocycles. The zero-order chi connectivity index (χ0) is 9.80. The average Bonchev–Trinajstić information content (AvgIpc) is 2.60. The Morgan fingerprint density at radius 2 is 2.29 bits per heavy atom. The van der Waals surface area contributed by atoms with Gasteiger partial charge in [0.25, 0.3) is 0 Å². The molecule has 14 heavy (non-hydrogen) atoms. The average molecular weight is 190 g/mol. The largest absolute Gasteiger partial charge is 0.341 e. The van der Waals surface area contributed by atoms with Gasteiger partial charge < -0.3 is 10.7 Å². The molecule has 4 nitrogen and oxygen atoms in total. The van der Waals surface area contributed by atoms with Crippen LogP contribution in [0.2, 0.25) is 0 Å². The van der Waals surface area contributed by atoms with E-state index in [1.54, 1.807) is 6.20 Å². The number of nitrogens with one attached hydrogen (secondary N) is 1. The molecule has 0 spiro atoms. The van der Waals surface area contributed by atoms with Gasteiger partial charge in [-0.25, -0.2) is 9.97 Å². The normalized spacial score (nSPS) is 10.9. The molecule has 0 atom stereocenters. The minimum atomic E-state index is 0.748. The van der Waals surface area contributed by atoms with E-state index in [4.69, 9.17) is 5.73 Å². The Balaban J connectivity index is 2.11. The zero-order valence-corrected chi connectivity index (χ0v) is 8.03. The summed E-state index contributed by atoms with van der Waals surface area (Å²) in [5, 5.41) is 0. The summed E-state index contributed by atoms with van der Waals surface area (Å²) in [4.78, 5) is 11.8. The van der Waals surface area contributed by atoms with Crippen molar-refractivity contribution in [1.82, 2.24) is 15.0 Å². The van der Waals surface area contributed by atoms with Crippen LogP contribution in [-0.2, 0) is 6.42 Å². The highest BCUT2D eigenvalue weighted by atomic mass is 15.0. The van der Waals surface area contributed by atoms with Gasteiger partial charge in [0.05, 0.1) is 5.52 Å². The Labute approximate surface area is 82.6 Å². The van der Waals surface area contributed by atoms with Gasteiger partial charge in [0.1, 0.15) is 5.82 Å². The summed E-state index contributed by atoms with van der Waals surface area (Å²) in [5.41, 5.74) is 7.24. The molecule has 0 fully saturated rings. The van der Waals surface area contributed by atoms with Crippen molar-refractivity contribution in [2.24, 2.45) is 5.73 Å². The van der Waals surface area contributed by atoms with Crippen LogP contribution in [0.5, 0.6) is 0 Å². The van der Waals surface area contributed by atoms with Crippen molar-refractivity contribution in [3.63, 3.8) is 0 Å². The molecule has 0 radical (unpaired) electrons. The summed E-state index contributed by atoms with van der Waals surface area (Å²) < 4.78 is 0. The van der Waals surface area contributed by atoms with E-state index in [1.165, 1.54) is 0 Å². The smallest absolute Gasteiger partial charge is 0.177 e. The molecule has 0 amide bonds. The van der Waals surface area contributed by atoms with E-state index in [9.17, 15) is 0 Å². The lowest BCUT2D eigenvalue weighted by Crippen LogP contribution is -1.99. The highest BCUT2D eigenvalue weighted by Crippen LogP contribution is 2.08. The van der Waals surface area contributed by atoms with E-state index < -0.39 is 0 Å². The van der Waals surface area contributed by atoms with Crippen LogP contribution in [0.25, 0.3) is 11.2 Å². The van der Waals surface area contributed by atoms with E-state index in [1.807, 2.05) is 12.1 Å². The minimum absolute atomic E-state index is 0.748. The predicted octanol–water partition coefficient (Wildman–Crippen LogP) is 1.24. The fourth-order valence-corrected chi connectivity index (χ4v) is 1.45. The summed E-state index contributed by atoms with van der Waals surface area (Å²) >= 11 is 0. The molecular weight excluding hydrogens is 176 g/mol. The van der Waals surface area contributed by atoms with Crippen molar-refractivity contribution in [2.75, 3.05) is 6.54 Å². The molecule has 2 aromatic rings. The first-order chi connectivity index (χ1) is 6.90. The number of nitrogens with two attached hydrogens (primary N) is 1. The predicted molar refractivity (Wildman–Crippen MR) is 55.9 cm³/mol. The van der Waals surface area contributed by atoms with E-state index in [-0.39, 0.29) is 0 Å². The number of fused-ring (bicyclic) bond motifs is 1. The van der Waals surface area contributed by atoms with Gasteiger partial charge in [-0.3, -0.25) is 0 Å². The van der Waals surface area contributed by atoms with Gasteiger partial charge in [-0.05, 0) is 31.5 Å². The molecule has 74 valence electrons. The number of nitrogens with zero attached hydrogens (tertiary/aromatic N) is 2. The fourth-order valence-electron chi connectivity index (χ4n) is 1.45. The molecule has 0 unspecified atom stereocenters. The van der Waals surface area contributed by atoms with Crippen LogP contribution in [0.15, 0.2) is 18.3 Å². The number of aromatic amines is 1. The summed E-state index contributed by atoms with van der Waals surface area (Å²) in [6, 6.07) is 3.89. The van der Waals surface area contributed by atoms with Crippen LogP contribution in [0.3, 0.4) is 0 Å². The number of imidazole rings is 1. The van der Waals surface area contributed by atoms with Crippen molar-refractivity contribution in [3.05, 3.63) is 24.2 Å². The lowest BCUT2D eigenvalue weighted by molar-refractivity contribution is 0.724. The van der Waals surface area contributed by atoms with Gasteiger partial charge in [0.2, 0.25) is 0 Å². The van der Waals surface area contributed by atoms with Crippen molar-refractivity contribution in [3.8, 4) is 0 Å². The quantitative estimate of drug-likeness (QED) is 0.713. The number of unbranched alkanes of at least 4 members (excludes halogenated alkanes) is 1. The maximum atomic E-state index is 5.42. The number of H-pyrrole nitrogens is 1. The number of aryl methyl sites for hydroxylation is 1. The monoisotopic (exact) mass is 190 g/mol. The van der Waals surface area contributed by atoms with Crippen molar-refractivity contribution in [2.45, 2.75) is 19.3 Å². The maximum Gasteiger partial charge on any atom is 0.177 e. The first kappa shape index (κ1) is 9.15. The topological polar surface area (TPSA) is 67.6 Å². The molecule has 0 aromatic carbocycles. The standard InChI is InChI=1S/C10H14N4/c11-6-2-1-5-9-13-8-4-3-7-12-10(8)14-9/h3-4,7H,1-2,5-6,11H2,(H,12,13,14). The third kappa shape index (κ3) is 1.90. The number of pyridine rings is 1. The summed E-state index contributed by atoms with van der Waals surface area (Å²) in [5.74, 6) is 1.01. The number of rotatable bonds is 4. The molecule has 0 bridgehead atoms. The molecule has 2 aromatic heterocycles. The zero-order valence-electron chi connectivity index (χ0n) is 8.03. The van der Waals surface area contributed by atoms with Gasteiger partial charge in [-0.2, -0.15) is 0 Å². The Kier molecular flexibility index (Phi) is 2.74. The second-order valence-corrected chi connectivity index (χ2v) is 3.30. The number of hydrogen-bond acceptors (Lipinski definition) is 3. The number of aromatic nitrogens is 3. The molecular formula is C10H14N4. The Bertz CT molecular complexity index is 374. The van der Waals surface area contributed by atoms with Gasteiger partial charge in [-0.15, -0.1) is 0 Å². The van der Waals surface area contributed by atoms with E-state index in [0.29, 0.717) is 0 Å². The molecule has 0 aliphatic rings. The third-order valence-electron chi connectivity index (χ3n) is 2.17. The number of hydrogen-bond donors (Lipinski definition) is 2. The lowest BCUT2D eigenvalue weighted by Gasteiger charge is -1.93. The molecule has 3 N–H and O–H groups in total. The molecule has 2 rings (SSSR count). The first-order valence-electron chi connectivity index (χ1n) is 4.90. The Morgan fingerprint density at radius 1 is 1.36 bits per heavy atom. The molecule has 4 heteroatoms. The van der Waals surface area contributed by atoms with E-state index >= 15 is 0 Å². The van der Waals surface area contributed by atoms with Gasteiger partial charge >= 0.3 is 0 Å². The second-order valence-electron chi connectivity index (χ2n) is 3.30.